The maximum atomic E-state index is 12.8. The smallest absolute Gasteiger partial charge is 0.223 e. The molecular weight excluding hydrogens is 456 g/mol. The highest BCUT2D eigenvalue weighted by molar-refractivity contribution is 6.30. The Morgan fingerprint density at radius 3 is 2.80 bits per heavy atom. The molecule has 0 saturated carbocycles. The molecule has 188 valence electrons. The van der Waals surface area contributed by atoms with Crippen LogP contribution in [0, 0.1) is 0 Å². The number of benzene rings is 2. The molecule has 0 fully saturated rings. The van der Waals surface area contributed by atoms with E-state index in [0.717, 1.165) is 61.7 Å². The fourth-order valence-electron chi connectivity index (χ4n) is 5.23. The minimum Gasteiger partial charge on any atom is -0.491 e. The number of anilines is 1. The molecule has 2 aromatic carbocycles. The molecule has 1 amide bonds. The second-order valence-corrected chi connectivity index (χ2v) is 10.6. The van der Waals surface area contributed by atoms with Crippen LogP contribution in [0.4, 0.5) is 5.69 Å². The van der Waals surface area contributed by atoms with Crippen molar-refractivity contribution in [3.63, 3.8) is 0 Å². The van der Waals surface area contributed by atoms with Gasteiger partial charge in [-0.25, -0.2) is 0 Å². The van der Waals surface area contributed by atoms with E-state index in [1.165, 1.54) is 16.7 Å². The number of fused-ring (bicyclic) bond motifs is 1. The Morgan fingerprint density at radius 2 is 1.97 bits per heavy atom. The number of hydrogen-bond acceptors (Lipinski definition) is 3. The lowest BCUT2D eigenvalue weighted by Gasteiger charge is -2.28. The van der Waals surface area contributed by atoms with Gasteiger partial charge in [0.25, 0.3) is 0 Å². The SMILES string of the molecule is CCCc1cc(Cl)ccc1C1COc2ccc3cc2N(CCCC/C=C/CN(C)C(=O)C[C@@H]3C)C1. The molecule has 0 aliphatic carbocycles. The van der Waals surface area contributed by atoms with Gasteiger partial charge < -0.3 is 14.5 Å². The second kappa shape index (κ2) is 12.0. The van der Waals surface area contributed by atoms with Gasteiger partial charge in [-0.2, -0.15) is 0 Å². The van der Waals surface area contributed by atoms with Gasteiger partial charge in [-0.15, -0.1) is 0 Å². The lowest BCUT2D eigenvalue weighted by atomic mass is 9.92. The van der Waals surface area contributed by atoms with Crippen LogP contribution in [0.25, 0.3) is 0 Å². The molecule has 0 saturated heterocycles. The van der Waals surface area contributed by atoms with E-state index < -0.39 is 0 Å². The number of likely N-dealkylation sites (N-methyl/N-ethyl adjacent to an activating group) is 1. The standard InChI is InChI=1S/C30H39ClN2O2/c1-4-10-24-18-26(31)12-13-27(24)25-20-33-16-9-7-5-6-8-15-32(3)30(34)17-22(2)23-11-14-29(35-21-25)28(33)19-23/h6,8,11-14,18-19,22,25H,4-5,7,9-10,15-17,20-21H2,1-3H3/b8-6+/t22-,25?/m0/s1. The highest BCUT2D eigenvalue weighted by Crippen LogP contribution is 2.38. The third-order valence-corrected chi connectivity index (χ3v) is 7.57. The Labute approximate surface area is 215 Å². The van der Waals surface area contributed by atoms with Gasteiger partial charge in [-0.1, -0.05) is 56.2 Å². The summed E-state index contributed by atoms with van der Waals surface area (Å²) in [6, 6.07) is 12.9. The van der Waals surface area contributed by atoms with Crippen LogP contribution in [-0.4, -0.2) is 44.1 Å². The van der Waals surface area contributed by atoms with Gasteiger partial charge in [0.2, 0.25) is 5.91 Å². The minimum absolute atomic E-state index is 0.151. The maximum absolute atomic E-state index is 12.8. The highest BCUT2D eigenvalue weighted by Gasteiger charge is 2.27. The molecule has 0 N–H and O–H groups in total. The molecule has 1 unspecified atom stereocenters. The first-order valence-electron chi connectivity index (χ1n) is 13.1. The van der Waals surface area contributed by atoms with Crippen molar-refractivity contribution < 1.29 is 9.53 Å². The van der Waals surface area contributed by atoms with Crippen LogP contribution in [0.15, 0.2) is 48.6 Å². The van der Waals surface area contributed by atoms with Crippen LogP contribution in [0.2, 0.25) is 5.02 Å². The van der Waals surface area contributed by atoms with E-state index >= 15 is 0 Å². The van der Waals surface area contributed by atoms with Crippen molar-refractivity contribution >= 4 is 23.2 Å². The Bertz CT molecular complexity index is 1050. The van der Waals surface area contributed by atoms with Crippen LogP contribution in [0.3, 0.4) is 0 Å². The van der Waals surface area contributed by atoms with E-state index in [4.69, 9.17) is 16.3 Å². The van der Waals surface area contributed by atoms with Crippen molar-refractivity contribution in [3.05, 3.63) is 70.3 Å². The van der Waals surface area contributed by atoms with E-state index in [1.807, 2.05) is 18.0 Å². The number of carbonyl (C=O) groups excluding carboxylic acids is 1. The van der Waals surface area contributed by atoms with Crippen LogP contribution in [0.1, 0.15) is 74.5 Å². The number of ether oxygens (including phenoxy) is 1. The Kier molecular flexibility index (Phi) is 8.78. The molecule has 35 heavy (non-hydrogen) atoms. The second-order valence-electron chi connectivity index (χ2n) is 10.1. The molecule has 0 aromatic heterocycles. The van der Waals surface area contributed by atoms with Crippen molar-refractivity contribution in [2.75, 3.05) is 38.2 Å². The number of aryl methyl sites for hydroxylation is 1. The highest BCUT2D eigenvalue weighted by atomic mass is 35.5. The molecule has 2 aromatic rings. The number of nitrogens with zero attached hydrogens (tertiary/aromatic N) is 2. The van der Waals surface area contributed by atoms with E-state index in [2.05, 4.69) is 61.2 Å². The van der Waals surface area contributed by atoms with Crippen molar-refractivity contribution in [3.8, 4) is 5.75 Å². The van der Waals surface area contributed by atoms with Gasteiger partial charge in [0, 0.05) is 44.0 Å². The molecule has 0 spiro atoms. The van der Waals surface area contributed by atoms with Crippen LogP contribution < -0.4 is 9.64 Å². The largest absolute Gasteiger partial charge is 0.491 e. The Morgan fingerprint density at radius 1 is 1.11 bits per heavy atom. The summed E-state index contributed by atoms with van der Waals surface area (Å²) in [5.74, 6) is 1.56. The Balaban J connectivity index is 1.66. The van der Waals surface area contributed by atoms with Gasteiger partial charge in [-0.3, -0.25) is 4.79 Å². The monoisotopic (exact) mass is 494 g/mol. The van der Waals surface area contributed by atoms with Gasteiger partial charge in [0.1, 0.15) is 5.75 Å². The zero-order valence-electron chi connectivity index (χ0n) is 21.4. The number of rotatable bonds is 3. The molecule has 2 atom stereocenters. The van der Waals surface area contributed by atoms with Crippen molar-refractivity contribution in [1.29, 1.82) is 0 Å². The first kappa shape index (κ1) is 25.6. The zero-order valence-corrected chi connectivity index (χ0v) is 22.2. The van der Waals surface area contributed by atoms with Gasteiger partial charge >= 0.3 is 0 Å². The summed E-state index contributed by atoms with van der Waals surface area (Å²) >= 11 is 6.36. The fourth-order valence-corrected chi connectivity index (χ4v) is 5.42. The molecule has 4 rings (SSSR count). The van der Waals surface area contributed by atoms with E-state index in [-0.39, 0.29) is 17.7 Å². The lowest BCUT2D eigenvalue weighted by molar-refractivity contribution is -0.129. The topological polar surface area (TPSA) is 32.8 Å². The zero-order chi connectivity index (χ0) is 24.8. The minimum atomic E-state index is 0.151. The first-order chi connectivity index (χ1) is 17.0. The summed E-state index contributed by atoms with van der Waals surface area (Å²) in [6.45, 7) is 7.61. The maximum Gasteiger partial charge on any atom is 0.223 e. The number of carbonyl (C=O) groups is 1. The van der Waals surface area contributed by atoms with Crippen LogP contribution >= 0.6 is 11.6 Å². The lowest BCUT2D eigenvalue weighted by Crippen LogP contribution is -2.30. The molecule has 4 nitrogen and oxygen atoms in total. The quantitative estimate of drug-likeness (QED) is 0.432. The molecule has 2 bridgehead atoms. The first-order valence-corrected chi connectivity index (χ1v) is 13.5. The predicted molar refractivity (Wildman–Crippen MR) is 146 cm³/mol. The molecular formula is C30H39ClN2O2. The summed E-state index contributed by atoms with van der Waals surface area (Å²) < 4.78 is 6.44. The summed E-state index contributed by atoms with van der Waals surface area (Å²) in [4.78, 5) is 17.1. The number of allylic oxidation sites excluding steroid dienone is 1. The molecule has 0 radical (unpaired) electrons. The van der Waals surface area contributed by atoms with Crippen LogP contribution in [-0.2, 0) is 11.2 Å². The van der Waals surface area contributed by atoms with Crippen molar-refractivity contribution in [2.45, 2.75) is 64.2 Å². The molecule has 2 aliphatic rings. The third kappa shape index (κ3) is 6.41. The van der Waals surface area contributed by atoms with Crippen molar-refractivity contribution in [2.24, 2.45) is 0 Å². The van der Waals surface area contributed by atoms with E-state index in [9.17, 15) is 4.79 Å². The van der Waals surface area contributed by atoms with E-state index in [1.54, 1.807) is 0 Å². The Hall–Kier alpha value is -2.46. The number of halogens is 1. The number of amides is 1. The van der Waals surface area contributed by atoms with Crippen LogP contribution in [0.5, 0.6) is 5.75 Å². The molecule has 5 heteroatoms. The summed E-state index contributed by atoms with van der Waals surface area (Å²) in [5, 5.41) is 0.802. The van der Waals surface area contributed by atoms with Gasteiger partial charge in [0.15, 0.2) is 0 Å². The summed E-state index contributed by atoms with van der Waals surface area (Å²) in [7, 11) is 1.90. The molecule has 2 aliphatic heterocycles. The van der Waals surface area contributed by atoms with E-state index in [0.29, 0.717) is 19.6 Å². The molecule has 2 heterocycles. The van der Waals surface area contributed by atoms with Gasteiger partial charge in [-0.05, 0) is 72.6 Å². The average molecular weight is 495 g/mol. The average Bonchev–Trinajstić information content (AvgIpc) is 3.02. The normalized spacial score (nSPS) is 22.6. The summed E-state index contributed by atoms with van der Waals surface area (Å²) in [5.41, 5.74) is 5.04. The predicted octanol–water partition coefficient (Wildman–Crippen LogP) is 6.97. The number of hydrogen-bond donors (Lipinski definition) is 0. The fraction of sp³-hybridized carbons (Fsp3) is 0.500. The third-order valence-electron chi connectivity index (χ3n) is 7.34. The summed E-state index contributed by atoms with van der Waals surface area (Å²) in [6.07, 6.45) is 10.3. The van der Waals surface area contributed by atoms with Crippen molar-refractivity contribution in [1.82, 2.24) is 4.90 Å². The van der Waals surface area contributed by atoms with Gasteiger partial charge in [0.05, 0.1) is 12.3 Å².